The van der Waals surface area contributed by atoms with E-state index in [2.05, 4.69) is 5.32 Å². The Hall–Kier alpha value is -1.61. The number of nitrogens with zero attached hydrogens (tertiary/aromatic N) is 1. The van der Waals surface area contributed by atoms with Crippen molar-refractivity contribution in [2.75, 3.05) is 25.4 Å². The molecule has 9 heteroatoms. The molecule has 2 aromatic heterocycles. The molecule has 1 amide bonds. The third-order valence-electron chi connectivity index (χ3n) is 3.59. The average molecular weight is 426 g/mol. The van der Waals surface area contributed by atoms with Crippen molar-refractivity contribution in [3.8, 4) is 0 Å². The van der Waals surface area contributed by atoms with E-state index in [-0.39, 0.29) is 11.0 Å². The highest BCUT2D eigenvalue weighted by Gasteiger charge is 2.17. The molecule has 0 fully saturated rings. The summed E-state index contributed by atoms with van der Waals surface area (Å²) in [5, 5.41) is 10.9. The summed E-state index contributed by atoms with van der Waals surface area (Å²) in [4.78, 5) is 28.1. The molecule has 0 saturated carbocycles. The summed E-state index contributed by atoms with van der Waals surface area (Å²) in [6.45, 7) is 1.88. The number of carbonyl (C=O) groups is 2. The SMILES string of the molecule is N=C(c1ccc(C(=O)SCCNC(=O)c2ccc(Cl)s2)s1)N1CC=CC1. The third kappa shape index (κ3) is 4.76. The smallest absolute Gasteiger partial charge is 0.261 e. The van der Waals surface area contributed by atoms with Gasteiger partial charge in [-0.2, -0.15) is 0 Å². The second-order valence-electron chi connectivity index (χ2n) is 5.38. The van der Waals surface area contributed by atoms with Crippen LogP contribution in [0.4, 0.5) is 0 Å². The molecule has 0 aromatic carbocycles. The number of hydrogen-bond donors (Lipinski definition) is 2. The van der Waals surface area contributed by atoms with E-state index >= 15 is 0 Å². The number of amidine groups is 1. The monoisotopic (exact) mass is 425 g/mol. The van der Waals surface area contributed by atoms with Gasteiger partial charge in [-0.25, -0.2) is 0 Å². The fourth-order valence-electron chi connectivity index (χ4n) is 2.29. The van der Waals surface area contributed by atoms with Crippen molar-refractivity contribution in [3.63, 3.8) is 0 Å². The Bertz CT molecular complexity index is 851. The number of hydrogen-bond acceptors (Lipinski definition) is 6. The molecule has 0 atom stereocenters. The van der Waals surface area contributed by atoms with Crippen LogP contribution < -0.4 is 5.32 Å². The van der Waals surface area contributed by atoms with Gasteiger partial charge in [0.05, 0.1) is 19.0 Å². The highest BCUT2D eigenvalue weighted by molar-refractivity contribution is 8.14. The summed E-state index contributed by atoms with van der Waals surface area (Å²) >= 11 is 9.54. The quantitative estimate of drug-likeness (QED) is 0.318. The topological polar surface area (TPSA) is 73.3 Å². The molecule has 26 heavy (non-hydrogen) atoms. The summed E-state index contributed by atoms with van der Waals surface area (Å²) in [5.74, 6) is 0.761. The fraction of sp³-hybridized carbons (Fsp3) is 0.235. The van der Waals surface area contributed by atoms with Crippen LogP contribution in [-0.2, 0) is 0 Å². The van der Waals surface area contributed by atoms with E-state index in [1.807, 2.05) is 23.1 Å². The van der Waals surface area contributed by atoms with Crippen LogP contribution >= 0.6 is 46.0 Å². The zero-order valence-corrected chi connectivity index (χ0v) is 16.9. The number of thiophene rings is 2. The van der Waals surface area contributed by atoms with E-state index in [1.165, 1.54) is 34.4 Å². The van der Waals surface area contributed by atoms with E-state index in [0.29, 0.717) is 32.2 Å². The lowest BCUT2D eigenvalue weighted by Gasteiger charge is -2.16. The number of thioether (sulfide) groups is 1. The van der Waals surface area contributed by atoms with Crippen LogP contribution in [0.5, 0.6) is 0 Å². The molecule has 0 saturated heterocycles. The van der Waals surface area contributed by atoms with Gasteiger partial charge in [0.1, 0.15) is 5.84 Å². The maximum atomic E-state index is 12.3. The Morgan fingerprint density at radius 3 is 2.50 bits per heavy atom. The van der Waals surface area contributed by atoms with Gasteiger partial charge in [0.25, 0.3) is 5.91 Å². The highest BCUT2D eigenvalue weighted by atomic mass is 35.5. The Balaban J connectivity index is 1.43. The molecule has 136 valence electrons. The zero-order chi connectivity index (χ0) is 18.5. The lowest BCUT2D eigenvalue weighted by Crippen LogP contribution is -2.27. The lowest BCUT2D eigenvalue weighted by molar-refractivity contribution is 0.0959. The van der Waals surface area contributed by atoms with Gasteiger partial charge in [-0.1, -0.05) is 35.5 Å². The van der Waals surface area contributed by atoms with Gasteiger partial charge in [-0.15, -0.1) is 22.7 Å². The van der Waals surface area contributed by atoms with Crippen molar-refractivity contribution in [3.05, 3.63) is 55.4 Å². The number of halogens is 1. The van der Waals surface area contributed by atoms with Gasteiger partial charge >= 0.3 is 0 Å². The summed E-state index contributed by atoms with van der Waals surface area (Å²) in [5.41, 5.74) is 0. The summed E-state index contributed by atoms with van der Waals surface area (Å²) < 4.78 is 0.573. The van der Waals surface area contributed by atoms with E-state index in [9.17, 15) is 9.59 Å². The van der Waals surface area contributed by atoms with E-state index < -0.39 is 0 Å². The fourth-order valence-corrected chi connectivity index (χ4v) is 4.97. The molecule has 3 heterocycles. The molecule has 0 bridgehead atoms. The van der Waals surface area contributed by atoms with Gasteiger partial charge in [0.2, 0.25) is 5.12 Å². The first kappa shape index (κ1) is 19.2. The molecule has 0 aliphatic carbocycles. The van der Waals surface area contributed by atoms with Crippen molar-refractivity contribution >= 4 is 62.9 Å². The minimum Gasteiger partial charge on any atom is -0.350 e. The minimum atomic E-state index is -0.180. The van der Waals surface area contributed by atoms with E-state index in [1.54, 1.807) is 18.2 Å². The Morgan fingerprint density at radius 1 is 1.12 bits per heavy atom. The predicted molar refractivity (Wildman–Crippen MR) is 110 cm³/mol. The van der Waals surface area contributed by atoms with Crippen LogP contribution in [0, 0.1) is 5.41 Å². The van der Waals surface area contributed by atoms with Crippen LogP contribution in [0.3, 0.4) is 0 Å². The molecule has 0 spiro atoms. The largest absolute Gasteiger partial charge is 0.350 e. The van der Waals surface area contributed by atoms with Gasteiger partial charge in [-0.3, -0.25) is 15.0 Å². The first-order chi connectivity index (χ1) is 12.5. The average Bonchev–Trinajstić information content (AvgIpc) is 3.38. The molecule has 2 N–H and O–H groups in total. The number of amides is 1. The molecule has 1 aliphatic rings. The highest BCUT2D eigenvalue weighted by Crippen LogP contribution is 2.24. The summed E-state index contributed by atoms with van der Waals surface area (Å²) in [6, 6.07) is 6.95. The molecule has 1 aliphatic heterocycles. The second kappa shape index (κ2) is 8.85. The normalized spacial score (nSPS) is 13.2. The molecule has 0 unspecified atom stereocenters. The molecular formula is C17H16ClN3O2S3. The van der Waals surface area contributed by atoms with Crippen LogP contribution in [0.1, 0.15) is 24.2 Å². The predicted octanol–water partition coefficient (Wildman–Crippen LogP) is 3.96. The van der Waals surface area contributed by atoms with Crippen molar-refractivity contribution < 1.29 is 9.59 Å². The van der Waals surface area contributed by atoms with Crippen molar-refractivity contribution in [1.82, 2.24) is 10.2 Å². The molecule has 5 nitrogen and oxygen atoms in total. The molecule has 2 aromatic rings. The standard InChI is InChI=1S/C17H16ClN3O2S3/c18-14-6-5-12(26-14)16(22)20-7-10-24-17(23)13-4-3-11(25-13)15(19)21-8-1-2-9-21/h1-6,19H,7-10H2,(H,20,22). The first-order valence-electron chi connectivity index (χ1n) is 7.84. The molecule has 3 rings (SSSR count). The number of carbonyl (C=O) groups excluding carboxylic acids is 2. The van der Waals surface area contributed by atoms with Crippen LogP contribution in [0.2, 0.25) is 4.34 Å². The van der Waals surface area contributed by atoms with E-state index in [4.69, 9.17) is 17.0 Å². The lowest BCUT2D eigenvalue weighted by atomic mass is 10.4. The maximum Gasteiger partial charge on any atom is 0.261 e. The first-order valence-corrected chi connectivity index (χ1v) is 10.8. The Labute approximate surface area is 168 Å². The molecule has 0 radical (unpaired) electrons. The van der Waals surface area contributed by atoms with E-state index in [0.717, 1.165) is 18.0 Å². The number of rotatable bonds is 6. The van der Waals surface area contributed by atoms with Gasteiger partial charge < -0.3 is 10.2 Å². The van der Waals surface area contributed by atoms with Crippen molar-refractivity contribution in [1.29, 1.82) is 5.41 Å². The van der Waals surface area contributed by atoms with Gasteiger partial charge in [0, 0.05) is 25.4 Å². The Morgan fingerprint density at radius 2 is 1.81 bits per heavy atom. The number of nitrogens with one attached hydrogen (secondary N) is 2. The van der Waals surface area contributed by atoms with Crippen molar-refractivity contribution in [2.45, 2.75) is 0 Å². The van der Waals surface area contributed by atoms with Crippen LogP contribution in [-0.4, -0.2) is 47.1 Å². The minimum absolute atomic E-state index is 0.0398. The zero-order valence-electron chi connectivity index (χ0n) is 13.7. The second-order valence-corrected chi connectivity index (χ2v) is 9.25. The van der Waals surface area contributed by atoms with Gasteiger partial charge in [0.15, 0.2) is 0 Å². The van der Waals surface area contributed by atoms with Gasteiger partial charge in [-0.05, 0) is 24.3 Å². The summed E-state index contributed by atoms with van der Waals surface area (Å²) in [7, 11) is 0. The molecular weight excluding hydrogens is 410 g/mol. The van der Waals surface area contributed by atoms with Crippen LogP contribution in [0.15, 0.2) is 36.4 Å². The van der Waals surface area contributed by atoms with Crippen LogP contribution in [0.25, 0.3) is 0 Å². The Kier molecular flexibility index (Phi) is 6.53. The van der Waals surface area contributed by atoms with Crippen molar-refractivity contribution in [2.24, 2.45) is 0 Å². The maximum absolute atomic E-state index is 12.3. The summed E-state index contributed by atoms with van der Waals surface area (Å²) in [6.07, 6.45) is 4.06. The third-order valence-corrected chi connectivity index (χ3v) is 6.93.